The first-order valence-corrected chi connectivity index (χ1v) is 14.8. The topological polar surface area (TPSA) is 82.2 Å². The van der Waals surface area contributed by atoms with E-state index in [1.54, 1.807) is 0 Å². The Bertz CT molecular complexity index is 1610. The predicted octanol–water partition coefficient (Wildman–Crippen LogP) is 5.03. The molecule has 8 nitrogen and oxygen atoms in total. The van der Waals surface area contributed by atoms with E-state index in [9.17, 15) is 4.39 Å². The van der Waals surface area contributed by atoms with E-state index in [1.807, 2.05) is 19.2 Å². The van der Waals surface area contributed by atoms with Crippen molar-refractivity contribution in [3.05, 3.63) is 41.0 Å². The third-order valence-corrected chi connectivity index (χ3v) is 10.1. The van der Waals surface area contributed by atoms with Crippen molar-refractivity contribution in [2.75, 3.05) is 37.7 Å². The fourth-order valence-corrected chi connectivity index (χ4v) is 8.02. The Balaban J connectivity index is 1.24. The first kappa shape index (κ1) is 24.8. The van der Waals surface area contributed by atoms with E-state index in [1.165, 1.54) is 0 Å². The number of fused-ring (bicyclic) bond motifs is 5. The SMILES string of the molecule is Cc1c(Cl)cc2[nH]ncc2c1-c1ccc2c(N3C4CCC3CNC4)nc(OC[C@@]34CCCN3C[C@H](F)C4)nc2c1. The predicted molar refractivity (Wildman–Crippen MR) is 155 cm³/mol. The van der Waals surface area contributed by atoms with Gasteiger partial charge in [0.25, 0.3) is 0 Å². The Morgan fingerprint density at radius 2 is 2.00 bits per heavy atom. The summed E-state index contributed by atoms with van der Waals surface area (Å²) in [7, 11) is 0. The number of alkyl halides is 1. The molecular weight excluding hydrogens is 529 g/mol. The minimum atomic E-state index is -0.795. The number of nitrogens with one attached hydrogen (secondary N) is 2. The van der Waals surface area contributed by atoms with Crippen molar-refractivity contribution in [3.63, 3.8) is 0 Å². The van der Waals surface area contributed by atoms with Crippen LogP contribution in [0.15, 0.2) is 30.5 Å². The highest BCUT2D eigenvalue weighted by Gasteiger charge is 2.49. The van der Waals surface area contributed by atoms with Crippen LogP contribution in [0.1, 0.15) is 37.7 Å². The Morgan fingerprint density at radius 3 is 2.85 bits per heavy atom. The lowest BCUT2D eigenvalue weighted by molar-refractivity contribution is 0.107. The molecule has 4 atom stereocenters. The lowest BCUT2D eigenvalue weighted by Crippen LogP contribution is -2.52. The number of H-pyrrole nitrogens is 1. The van der Waals surface area contributed by atoms with Gasteiger partial charge in [0.2, 0.25) is 0 Å². The Morgan fingerprint density at radius 1 is 1.15 bits per heavy atom. The molecule has 4 aliphatic rings. The minimum absolute atomic E-state index is 0.251. The number of rotatable bonds is 5. The van der Waals surface area contributed by atoms with Gasteiger partial charge in [0.1, 0.15) is 18.6 Å². The summed E-state index contributed by atoms with van der Waals surface area (Å²) < 4.78 is 20.8. The summed E-state index contributed by atoms with van der Waals surface area (Å²) in [5.41, 5.74) is 4.56. The molecule has 208 valence electrons. The highest BCUT2D eigenvalue weighted by atomic mass is 35.5. The number of hydrogen-bond donors (Lipinski definition) is 2. The number of nitrogens with zero attached hydrogens (tertiary/aromatic N) is 5. The van der Waals surface area contributed by atoms with Gasteiger partial charge in [-0.3, -0.25) is 10.00 Å². The molecule has 4 fully saturated rings. The van der Waals surface area contributed by atoms with Crippen molar-refractivity contribution in [3.8, 4) is 17.1 Å². The van der Waals surface area contributed by atoms with Gasteiger partial charge in [0, 0.05) is 53.9 Å². The maximum absolute atomic E-state index is 14.4. The zero-order chi connectivity index (χ0) is 27.0. The quantitative estimate of drug-likeness (QED) is 0.354. The zero-order valence-corrected chi connectivity index (χ0v) is 23.3. The summed E-state index contributed by atoms with van der Waals surface area (Å²) in [6, 6.07) is 9.49. The third-order valence-electron chi connectivity index (χ3n) is 9.74. The maximum Gasteiger partial charge on any atom is 0.319 e. The molecule has 4 aromatic rings. The molecule has 10 heteroatoms. The van der Waals surface area contributed by atoms with E-state index >= 15 is 0 Å². The van der Waals surface area contributed by atoms with Gasteiger partial charge in [-0.1, -0.05) is 17.7 Å². The molecule has 2 unspecified atom stereocenters. The van der Waals surface area contributed by atoms with Gasteiger partial charge in [-0.2, -0.15) is 15.1 Å². The molecule has 2 aromatic heterocycles. The summed E-state index contributed by atoms with van der Waals surface area (Å²) >= 11 is 6.63. The molecule has 0 amide bonds. The molecule has 2 bridgehead atoms. The van der Waals surface area contributed by atoms with E-state index < -0.39 is 6.17 Å². The van der Waals surface area contributed by atoms with E-state index in [0.29, 0.717) is 42.7 Å². The molecule has 0 saturated carbocycles. The molecule has 4 aliphatic heterocycles. The minimum Gasteiger partial charge on any atom is -0.461 e. The van der Waals surface area contributed by atoms with Crippen LogP contribution in [0.4, 0.5) is 10.2 Å². The second-order valence-electron chi connectivity index (χ2n) is 12.1. The first-order chi connectivity index (χ1) is 19.5. The van der Waals surface area contributed by atoms with Crippen molar-refractivity contribution in [2.45, 2.75) is 62.8 Å². The van der Waals surface area contributed by atoms with Crippen molar-refractivity contribution < 1.29 is 9.13 Å². The van der Waals surface area contributed by atoms with Crippen LogP contribution in [0.2, 0.25) is 5.02 Å². The van der Waals surface area contributed by atoms with Crippen LogP contribution in [0.5, 0.6) is 6.01 Å². The van der Waals surface area contributed by atoms with Crippen molar-refractivity contribution in [1.29, 1.82) is 0 Å². The van der Waals surface area contributed by atoms with E-state index in [-0.39, 0.29) is 5.54 Å². The van der Waals surface area contributed by atoms with Gasteiger partial charge in [0.05, 0.1) is 22.8 Å². The Labute approximate surface area is 237 Å². The number of anilines is 1. The van der Waals surface area contributed by atoms with Crippen molar-refractivity contribution in [1.82, 2.24) is 30.4 Å². The second kappa shape index (κ2) is 9.26. The summed E-state index contributed by atoms with van der Waals surface area (Å²) in [5, 5.41) is 13.6. The van der Waals surface area contributed by atoms with Crippen LogP contribution in [0, 0.1) is 6.92 Å². The van der Waals surface area contributed by atoms with E-state index in [0.717, 1.165) is 89.6 Å². The lowest BCUT2D eigenvalue weighted by atomic mass is 9.95. The number of halogens is 2. The second-order valence-corrected chi connectivity index (χ2v) is 12.5. The molecule has 40 heavy (non-hydrogen) atoms. The largest absolute Gasteiger partial charge is 0.461 e. The highest BCUT2D eigenvalue weighted by molar-refractivity contribution is 6.33. The lowest BCUT2D eigenvalue weighted by Gasteiger charge is -2.37. The molecule has 0 spiro atoms. The zero-order valence-electron chi connectivity index (χ0n) is 22.6. The number of aromatic amines is 1. The van der Waals surface area contributed by atoms with E-state index in [2.05, 4.69) is 43.5 Å². The number of piperazine rings is 1. The molecule has 0 radical (unpaired) electrons. The van der Waals surface area contributed by atoms with Gasteiger partial charge < -0.3 is 15.0 Å². The summed E-state index contributed by atoms with van der Waals surface area (Å²) in [6.45, 7) is 5.79. The molecule has 2 N–H and O–H groups in total. The maximum atomic E-state index is 14.4. The van der Waals surface area contributed by atoms with Gasteiger partial charge in [-0.25, -0.2) is 4.39 Å². The molecule has 0 aliphatic carbocycles. The summed E-state index contributed by atoms with van der Waals surface area (Å²) in [5.74, 6) is 0.937. The summed E-state index contributed by atoms with van der Waals surface area (Å²) in [6.07, 6.45) is 5.90. The van der Waals surface area contributed by atoms with Crippen molar-refractivity contribution in [2.24, 2.45) is 0 Å². The Hall–Kier alpha value is -3.01. The van der Waals surface area contributed by atoms with Crippen LogP contribution in [-0.4, -0.2) is 81.6 Å². The fourth-order valence-electron chi connectivity index (χ4n) is 7.81. The number of benzene rings is 2. The number of aromatic nitrogens is 4. The average Bonchev–Trinajstić information content (AvgIpc) is 3.69. The number of ether oxygens (including phenoxy) is 1. The molecule has 8 rings (SSSR count). The fraction of sp³-hybridized carbons (Fsp3) is 0.500. The normalized spacial score (nSPS) is 28.2. The highest BCUT2D eigenvalue weighted by Crippen LogP contribution is 2.42. The van der Waals surface area contributed by atoms with Crippen LogP contribution in [-0.2, 0) is 0 Å². The van der Waals surface area contributed by atoms with Gasteiger partial charge in [-0.15, -0.1) is 0 Å². The first-order valence-electron chi connectivity index (χ1n) is 14.4. The van der Waals surface area contributed by atoms with Crippen LogP contribution in [0.25, 0.3) is 32.9 Å². The number of hydrogen-bond acceptors (Lipinski definition) is 7. The standard InChI is InChI=1S/C30H33ClFN7O/c1-17-24(31)10-26-23(14-34-37-26)27(17)18-3-6-22-25(9-18)35-29(36-28(22)39-20-4-5-21(39)13-33-12-20)40-16-30-7-2-8-38(30)15-19(32)11-30/h3,6,9-10,14,19-21,33H,2,4-5,7-8,11-13,15-16H2,1H3,(H,34,37)/t19-,20?,21?,30+/m1/s1. The van der Waals surface area contributed by atoms with Gasteiger partial charge in [-0.05, 0) is 74.0 Å². The molecular formula is C30H33ClFN7O. The molecule has 2 aromatic carbocycles. The molecule has 6 heterocycles. The summed E-state index contributed by atoms with van der Waals surface area (Å²) in [4.78, 5) is 14.8. The van der Waals surface area contributed by atoms with Crippen molar-refractivity contribution >= 4 is 39.2 Å². The van der Waals surface area contributed by atoms with Crippen LogP contribution in [0.3, 0.4) is 0 Å². The average molecular weight is 562 g/mol. The third kappa shape index (κ3) is 3.81. The Kier molecular flexibility index (Phi) is 5.73. The monoisotopic (exact) mass is 561 g/mol. The van der Waals surface area contributed by atoms with Gasteiger partial charge in [0.15, 0.2) is 0 Å². The molecule has 4 saturated heterocycles. The smallest absolute Gasteiger partial charge is 0.319 e. The van der Waals surface area contributed by atoms with E-state index in [4.69, 9.17) is 26.3 Å². The van der Waals surface area contributed by atoms with Crippen LogP contribution >= 0.6 is 11.6 Å². The van der Waals surface area contributed by atoms with Crippen LogP contribution < -0.4 is 15.0 Å². The van der Waals surface area contributed by atoms with Gasteiger partial charge >= 0.3 is 6.01 Å².